The van der Waals surface area contributed by atoms with E-state index in [1.54, 1.807) is 17.5 Å². The molecule has 0 amide bonds. The molecule has 0 aliphatic heterocycles. The van der Waals surface area contributed by atoms with Gasteiger partial charge in [0, 0.05) is 17.5 Å². The first-order valence-electron chi connectivity index (χ1n) is 5.91. The molecule has 0 saturated carbocycles. The van der Waals surface area contributed by atoms with Gasteiger partial charge in [-0.1, -0.05) is 11.6 Å². The Morgan fingerprint density at radius 1 is 1.05 bits per heavy atom. The van der Waals surface area contributed by atoms with Crippen LogP contribution in [0.1, 0.15) is 17.2 Å². The molecule has 0 aliphatic carbocycles. The molecule has 0 aliphatic rings. The zero-order valence-electron chi connectivity index (χ0n) is 11.1. The third-order valence-electron chi connectivity index (χ3n) is 2.58. The SMILES string of the molecule is Cc1cc(C)n2nc(Sc3cc(Cl)nc(C)n3)nc2n1. The number of halogens is 1. The van der Waals surface area contributed by atoms with Crippen molar-refractivity contribution in [3.63, 3.8) is 0 Å². The van der Waals surface area contributed by atoms with E-state index in [2.05, 4.69) is 25.0 Å². The minimum Gasteiger partial charge on any atom is -0.226 e. The van der Waals surface area contributed by atoms with Gasteiger partial charge in [0.15, 0.2) is 0 Å². The summed E-state index contributed by atoms with van der Waals surface area (Å²) in [6, 6.07) is 3.65. The van der Waals surface area contributed by atoms with E-state index in [4.69, 9.17) is 11.6 Å². The van der Waals surface area contributed by atoms with Crippen LogP contribution >= 0.6 is 23.4 Å². The molecule has 102 valence electrons. The maximum atomic E-state index is 5.92. The summed E-state index contributed by atoms with van der Waals surface area (Å²) in [6.45, 7) is 5.70. The number of aryl methyl sites for hydroxylation is 3. The summed E-state index contributed by atoms with van der Waals surface area (Å²) < 4.78 is 1.71. The highest BCUT2D eigenvalue weighted by molar-refractivity contribution is 7.99. The van der Waals surface area contributed by atoms with Gasteiger partial charge < -0.3 is 0 Å². The first-order chi connectivity index (χ1) is 9.51. The maximum Gasteiger partial charge on any atom is 0.253 e. The lowest BCUT2D eigenvalue weighted by atomic mass is 10.4. The van der Waals surface area contributed by atoms with Crippen LogP contribution in [0.15, 0.2) is 22.3 Å². The average Bonchev–Trinajstić information content (AvgIpc) is 2.70. The molecule has 20 heavy (non-hydrogen) atoms. The van der Waals surface area contributed by atoms with Gasteiger partial charge in [-0.15, -0.1) is 5.10 Å². The molecule has 0 N–H and O–H groups in total. The summed E-state index contributed by atoms with van der Waals surface area (Å²) in [5.74, 6) is 1.20. The second-order valence-electron chi connectivity index (χ2n) is 4.32. The molecule has 0 saturated heterocycles. The fourth-order valence-corrected chi connectivity index (χ4v) is 2.92. The van der Waals surface area contributed by atoms with Gasteiger partial charge >= 0.3 is 0 Å². The molecule has 0 unspecified atom stereocenters. The molecule has 3 heterocycles. The van der Waals surface area contributed by atoms with Gasteiger partial charge in [-0.25, -0.2) is 19.5 Å². The minimum absolute atomic E-state index is 0.411. The predicted molar refractivity (Wildman–Crippen MR) is 76.2 cm³/mol. The molecule has 3 rings (SSSR count). The average molecular weight is 307 g/mol. The van der Waals surface area contributed by atoms with Crippen LogP contribution in [0.4, 0.5) is 0 Å². The highest BCUT2D eigenvalue weighted by Crippen LogP contribution is 2.25. The molecule has 3 aromatic rings. The van der Waals surface area contributed by atoms with Crippen molar-refractivity contribution in [2.45, 2.75) is 31.0 Å². The smallest absolute Gasteiger partial charge is 0.226 e. The Kier molecular flexibility index (Phi) is 3.31. The van der Waals surface area contributed by atoms with Crippen molar-refractivity contribution in [2.24, 2.45) is 0 Å². The van der Waals surface area contributed by atoms with Gasteiger partial charge in [-0.3, -0.25) is 0 Å². The van der Waals surface area contributed by atoms with Gasteiger partial charge in [0.05, 0.1) is 0 Å². The van der Waals surface area contributed by atoms with E-state index in [0.717, 1.165) is 11.4 Å². The normalized spacial score (nSPS) is 11.2. The molecule has 0 aromatic carbocycles. The van der Waals surface area contributed by atoms with E-state index in [9.17, 15) is 0 Å². The summed E-state index contributed by atoms with van der Waals surface area (Å²) in [5.41, 5.74) is 1.91. The summed E-state index contributed by atoms with van der Waals surface area (Å²) in [5, 5.41) is 6.12. The Morgan fingerprint density at radius 2 is 1.85 bits per heavy atom. The molecular weight excluding hydrogens is 296 g/mol. The van der Waals surface area contributed by atoms with Crippen LogP contribution in [-0.2, 0) is 0 Å². The van der Waals surface area contributed by atoms with Crippen molar-refractivity contribution in [3.8, 4) is 0 Å². The van der Waals surface area contributed by atoms with Gasteiger partial charge in [0.1, 0.15) is 16.0 Å². The number of rotatable bonds is 2. The fourth-order valence-electron chi connectivity index (χ4n) is 1.84. The number of aromatic nitrogens is 6. The van der Waals surface area contributed by atoms with Gasteiger partial charge in [-0.2, -0.15) is 4.98 Å². The van der Waals surface area contributed by atoms with Crippen molar-refractivity contribution < 1.29 is 0 Å². The number of hydrogen-bond donors (Lipinski definition) is 0. The minimum atomic E-state index is 0.411. The molecule has 0 bridgehead atoms. The second-order valence-corrected chi connectivity index (χ2v) is 5.70. The van der Waals surface area contributed by atoms with Crippen molar-refractivity contribution in [1.82, 2.24) is 29.5 Å². The van der Waals surface area contributed by atoms with Crippen molar-refractivity contribution >= 4 is 29.1 Å². The second kappa shape index (κ2) is 4.99. The van der Waals surface area contributed by atoms with Gasteiger partial charge in [-0.05, 0) is 38.6 Å². The highest BCUT2D eigenvalue weighted by Gasteiger charge is 2.10. The summed E-state index contributed by atoms with van der Waals surface area (Å²) in [7, 11) is 0. The lowest BCUT2D eigenvalue weighted by Gasteiger charge is -1.98. The van der Waals surface area contributed by atoms with Crippen molar-refractivity contribution in [1.29, 1.82) is 0 Å². The maximum absolute atomic E-state index is 5.92. The Hall–Kier alpha value is -1.73. The number of hydrogen-bond acceptors (Lipinski definition) is 6. The van der Waals surface area contributed by atoms with Crippen molar-refractivity contribution in [2.75, 3.05) is 0 Å². The Morgan fingerprint density at radius 3 is 2.60 bits per heavy atom. The molecule has 0 spiro atoms. The summed E-state index contributed by atoms with van der Waals surface area (Å²) in [6.07, 6.45) is 0. The molecule has 0 radical (unpaired) electrons. The van der Waals surface area contributed by atoms with E-state index < -0.39 is 0 Å². The third-order valence-corrected chi connectivity index (χ3v) is 3.55. The molecule has 3 aromatic heterocycles. The first kappa shape index (κ1) is 13.3. The monoisotopic (exact) mass is 306 g/mol. The van der Waals surface area contributed by atoms with E-state index >= 15 is 0 Å². The Labute approximate surface area is 124 Å². The van der Waals surface area contributed by atoms with E-state index in [0.29, 0.717) is 26.9 Å². The molecular formula is C12H11ClN6S. The van der Waals surface area contributed by atoms with Crippen LogP contribution in [0.3, 0.4) is 0 Å². The molecule has 8 heteroatoms. The lowest BCUT2D eigenvalue weighted by molar-refractivity contribution is 0.841. The predicted octanol–water partition coefficient (Wildman–Crippen LogP) is 2.64. The first-order valence-corrected chi connectivity index (χ1v) is 7.11. The third kappa shape index (κ3) is 2.59. The Bertz CT molecular complexity index is 780. The van der Waals surface area contributed by atoms with Gasteiger partial charge in [0.2, 0.25) is 5.16 Å². The van der Waals surface area contributed by atoms with Crippen LogP contribution in [0.5, 0.6) is 0 Å². The zero-order valence-corrected chi connectivity index (χ0v) is 12.7. The standard InChI is InChI=1S/C12H11ClN6S/c1-6-4-7(2)19-11(14-6)17-12(18-19)20-10-5-9(13)15-8(3)16-10/h4-5H,1-3H3. The topological polar surface area (TPSA) is 68.9 Å². The van der Waals surface area contributed by atoms with Crippen LogP contribution in [0.2, 0.25) is 5.15 Å². The quantitative estimate of drug-likeness (QED) is 0.678. The zero-order chi connectivity index (χ0) is 14.3. The molecule has 0 fully saturated rings. The summed E-state index contributed by atoms with van der Waals surface area (Å²) >= 11 is 7.26. The number of nitrogens with zero attached hydrogens (tertiary/aromatic N) is 6. The van der Waals surface area contributed by atoms with Crippen LogP contribution < -0.4 is 0 Å². The van der Waals surface area contributed by atoms with Crippen LogP contribution in [0, 0.1) is 20.8 Å². The van der Waals surface area contributed by atoms with Crippen LogP contribution in [-0.4, -0.2) is 29.5 Å². The largest absolute Gasteiger partial charge is 0.253 e. The van der Waals surface area contributed by atoms with E-state index in [1.807, 2.05) is 19.9 Å². The van der Waals surface area contributed by atoms with E-state index in [-0.39, 0.29) is 0 Å². The van der Waals surface area contributed by atoms with Gasteiger partial charge in [0.25, 0.3) is 5.78 Å². The summed E-state index contributed by atoms with van der Waals surface area (Å²) in [4.78, 5) is 17.1. The molecule has 6 nitrogen and oxygen atoms in total. The number of fused-ring (bicyclic) bond motifs is 1. The fraction of sp³-hybridized carbons (Fsp3) is 0.250. The highest BCUT2D eigenvalue weighted by atomic mass is 35.5. The Balaban J connectivity index is 2.00. The van der Waals surface area contributed by atoms with E-state index in [1.165, 1.54) is 11.8 Å². The van der Waals surface area contributed by atoms with Crippen molar-refractivity contribution in [3.05, 3.63) is 34.5 Å². The molecule has 0 atom stereocenters. The lowest BCUT2D eigenvalue weighted by Crippen LogP contribution is -1.97. The van der Waals surface area contributed by atoms with Crippen LogP contribution in [0.25, 0.3) is 5.78 Å².